The third-order valence-electron chi connectivity index (χ3n) is 9.02. The molecular formula is C32H28N4O8. The Morgan fingerprint density at radius 2 is 0.977 bits per heavy atom. The fraction of sp³-hybridized carbons (Fsp3) is 0.250. The number of piperidine rings is 2. The lowest BCUT2D eigenvalue weighted by Gasteiger charge is -2.63. The fourth-order valence-corrected chi connectivity index (χ4v) is 7.36. The first-order valence-electron chi connectivity index (χ1n) is 14.2. The molecule has 4 aliphatic rings. The Labute approximate surface area is 251 Å². The smallest absolute Gasteiger partial charge is 0.310 e. The van der Waals surface area contributed by atoms with Crippen molar-refractivity contribution in [3.8, 4) is 34.5 Å². The van der Waals surface area contributed by atoms with Crippen LogP contribution in [0.2, 0.25) is 0 Å². The molecule has 4 saturated heterocycles. The van der Waals surface area contributed by atoms with E-state index in [9.17, 15) is 30.4 Å². The summed E-state index contributed by atoms with van der Waals surface area (Å²) in [7, 11) is 0. The van der Waals surface area contributed by atoms with Crippen LogP contribution in [-0.4, -0.2) is 62.7 Å². The van der Waals surface area contributed by atoms with Crippen LogP contribution in [0.25, 0.3) is 0 Å². The molecule has 2 N–H and O–H groups in total. The molecule has 44 heavy (non-hydrogen) atoms. The Morgan fingerprint density at radius 3 is 1.32 bits per heavy atom. The maximum atomic E-state index is 11.0. The van der Waals surface area contributed by atoms with Crippen molar-refractivity contribution >= 4 is 11.4 Å². The van der Waals surface area contributed by atoms with E-state index in [0.29, 0.717) is 34.8 Å². The zero-order chi connectivity index (χ0) is 30.6. The molecule has 0 aliphatic carbocycles. The number of phenols is 2. The van der Waals surface area contributed by atoms with Gasteiger partial charge in [-0.25, -0.2) is 0 Å². The summed E-state index contributed by atoms with van der Waals surface area (Å²) < 4.78 is 11.8. The van der Waals surface area contributed by atoms with Crippen LogP contribution in [0.15, 0.2) is 84.9 Å². The van der Waals surface area contributed by atoms with E-state index in [1.54, 1.807) is 0 Å². The van der Waals surface area contributed by atoms with Gasteiger partial charge in [0, 0.05) is 55.9 Å². The second-order valence-corrected chi connectivity index (χ2v) is 11.5. The Morgan fingerprint density at radius 1 is 0.614 bits per heavy atom. The van der Waals surface area contributed by atoms with Gasteiger partial charge >= 0.3 is 11.4 Å². The molecule has 0 unspecified atom stereocenters. The van der Waals surface area contributed by atoms with E-state index >= 15 is 0 Å². The normalized spacial score (nSPS) is 22.8. The highest BCUT2D eigenvalue weighted by Crippen LogP contribution is 2.54. The third-order valence-corrected chi connectivity index (χ3v) is 9.02. The monoisotopic (exact) mass is 596 g/mol. The first kappa shape index (κ1) is 27.6. The lowest BCUT2D eigenvalue weighted by atomic mass is 9.54. The second kappa shape index (κ2) is 10.5. The largest absolute Gasteiger partial charge is 0.502 e. The molecule has 0 saturated carbocycles. The standard InChI is InChI=1S/C32H28N4O8/c37-30-13-26(9-11-28(30)35(39)40)43-24-5-1-20(2-6-24)32(22-15-33-17-23(32)18-34(16-22)19-33)21-3-7-25(8-4-21)44-27-10-12-29(36(41)42)31(38)14-27/h1-14,22-23,37-38H,15-19H2. The molecule has 12 nitrogen and oxygen atoms in total. The third kappa shape index (κ3) is 4.64. The van der Waals surface area contributed by atoms with E-state index < -0.39 is 21.3 Å². The summed E-state index contributed by atoms with van der Waals surface area (Å²) in [6.45, 7) is 4.91. The molecule has 4 heterocycles. The Kier molecular flexibility index (Phi) is 6.60. The first-order valence-corrected chi connectivity index (χ1v) is 14.2. The van der Waals surface area contributed by atoms with Crippen LogP contribution in [0.5, 0.6) is 34.5 Å². The van der Waals surface area contributed by atoms with Crippen molar-refractivity contribution in [3.63, 3.8) is 0 Å². The lowest BCUT2D eigenvalue weighted by molar-refractivity contribution is -0.386. The van der Waals surface area contributed by atoms with Gasteiger partial charge < -0.3 is 19.7 Å². The van der Waals surface area contributed by atoms with Gasteiger partial charge in [0.15, 0.2) is 11.5 Å². The maximum absolute atomic E-state index is 11.0. The number of nitro benzene ring substituents is 2. The minimum absolute atomic E-state index is 0.262. The predicted molar refractivity (Wildman–Crippen MR) is 158 cm³/mol. The molecule has 224 valence electrons. The first-order chi connectivity index (χ1) is 21.2. The minimum atomic E-state index is -0.648. The number of benzene rings is 4. The number of nitrogens with zero attached hydrogens (tertiary/aromatic N) is 4. The molecule has 12 heteroatoms. The SMILES string of the molecule is O=[N+]([O-])c1ccc(Oc2ccc(C3(c4ccc(Oc5ccc([N+](=O)[O-])c(O)c5)cc4)C4CN5CC3CN(C4)C5)cc2)cc1O. The molecule has 4 bridgehead atoms. The number of ether oxygens (including phenoxy) is 2. The number of hydrogen-bond donors (Lipinski definition) is 2. The molecule has 0 aromatic heterocycles. The van der Waals surface area contributed by atoms with Crippen LogP contribution < -0.4 is 9.47 Å². The van der Waals surface area contributed by atoms with Crippen LogP contribution in [0.3, 0.4) is 0 Å². The number of rotatable bonds is 8. The Hall–Kier alpha value is -5.20. The topological polar surface area (TPSA) is 152 Å². The van der Waals surface area contributed by atoms with E-state index in [1.807, 2.05) is 24.3 Å². The number of phenolic OH excluding ortho intramolecular Hbond substituents is 2. The molecule has 0 spiro atoms. The molecule has 4 aliphatic heterocycles. The van der Waals surface area contributed by atoms with Gasteiger partial charge in [0.05, 0.1) is 16.5 Å². The van der Waals surface area contributed by atoms with Gasteiger partial charge in [-0.3, -0.25) is 30.0 Å². The number of aromatic hydroxyl groups is 2. The fourth-order valence-electron chi connectivity index (χ4n) is 7.36. The van der Waals surface area contributed by atoms with Crippen LogP contribution in [-0.2, 0) is 5.41 Å². The molecule has 0 radical (unpaired) electrons. The zero-order valence-electron chi connectivity index (χ0n) is 23.4. The van der Waals surface area contributed by atoms with Crippen molar-refractivity contribution in [2.24, 2.45) is 11.8 Å². The summed E-state index contributed by atoms with van der Waals surface area (Å²) in [6.07, 6.45) is 0. The molecule has 4 aromatic carbocycles. The second-order valence-electron chi connectivity index (χ2n) is 11.5. The average Bonchev–Trinajstić information content (AvgIpc) is 2.98. The zero-order valence-corrected chi connectivity index (χ0v) is 23.4. The van der Waals surface area contributed by atoms with E-state index in [0.717, 1.165) is 32.8 Å². The summed E-state index contributed by atoms with van der Waals surface area (Å²) in [5.74, 6) is 1.46. The quantitative estimate of drug-likeness (QED) is 0.194. The van der Waals surface area contributed by atoms with Crippen molar-refractivity contribution < 1.29 is 29.5 Å². The highest BCUT2D eigenvalue weighted by atomic mass is 16.6. The van der Waals surface area contributed by atoms with Gasteiger partial charge in [0.25, 0.3) is 0 Å². The highest BCUT2D eigenvalue weighted by molar-refractivity contribution is 5.53. The van der Waals surface area contributed by atoms with Crippen molar-refractivity contribution in [1.82, 2.24) is 9.80 Å². The van der Waals surface area contributed by atoms with Crippen LogP contribution in [0.1, 0.15) is 11.1 Å². The van der Waals surface area contributed by atoms with Gasteiger partial charge in [-0.15, -0.1) is 0 Å². The number of nitro groups is 2. The Bertz CT molecular complexity index is 1620. The van der Waals surface area contributed by atoms with Crippen molar-refractivity contribution in [2.45, 2.75) is 5.41 Å². The predicted octanol–water partition coefficient (Wildman–Crippen LogP) is 5.62. The van der Waals surface area contributed by atoms with E-state index in [4.69, 9.17) is 9.47 Å². The molecule has 0 amide bonds. The molecule has 4 fully saturated rings. The van der Waals surface area contributed by atoms with Crippen molar-refractivity contribution in [3.05, 3.63) is 116 Å². The Balaban J connectivity index is 1.19. The van der Waals surface area contributed by atoms with Gasteiger partial charge in [-0.1, -0.05) is 24.3 Å². The van der Waals surface area contributed by atoms with Gasteiger partial charge in [0.1, 0.15) is 23.0 Å². The lowest BCUT2D eigenvalue weighted by Crippen LogP contribution is -2.71. The average molecular weight is 597 g/mol. The molecule has 0 atom stereocenters. The van der Waals surface area contributed by atoms with Gasteiger partial charge in [-0.2, -0.15) is 0 Å². The van der Waals surface area contributed by atoms with E-state index in [-0.39, 0.29) is 16.8 Å². The van der Waals surface area contributed by atoms with E-state index in [2.05, 4.69) is 34.1 Å². The molecule has 8 rings (SSSR count). The molecular weight excluding hydrogens is 568 g/mol. The van der Waals surface area contributed by atoms with Crippen molar-refractivity contribution in [1.29, 1.82) is 0 Å². The summed E-state index contributed by atoms with van der Waals surface area (Å²) >= 11 is 0. The van der Waals surface area contributed by atoms with Gasteiger partial charge in [0.2, 0.25) is 0 Å². The number of hydrogen-bond acceptors (Lipinski definition) is 10. The highest BCUT2D eigenvalue weighted by Gasteiger charge is 2.57. The maximum Gasteiger partial charge on any atom is 0.310 e. The van der Waals surface area contributed by atoms with Crippen LogP contribution in [0.4, 0.5) is 11.4 Å². The summed E-state index contributed by atoms with van der Waals surface area (Å²) in [5.41, 5.74) is 1.31. The van der Waals surface area contributed by atoms with E-state index in [1.165, 1.54) is 47.5 Å². The van der Waals surface area contributed by atoms with Crippen LogP contribution in [0, 0.1) is 32.1 Å². The minimum Gasteiger partial charge on any atom is -0.502 e. The summed E-state index contributed by atoms with van der Waals surface area (Å²) in [5, 5.41) is 42.1. The summed E-state index contributed by atoms with van der Waals surface area (Å²) in [4.78, 5) is 25.8. The summed E-state index contributed by atoms with van der Waals surface area (Å²) in [6, 6.07) is 23.7. The van der Waals surface area contributed by atoms with Crippen LogP contribution >= 0.6 is 0 Å². The molecule has 4 aromatic rings. The van der Waals surface area contributed by atoms with Gasteiger partial charge in [-0.05, 0) is 59.4 Å². The van der Waals surface area contributed by atoms with Crippen molar-refractivity contribution in [2.75, 3.05) is 32.8 Å².